The molecule has 1 N–H and O–H groups in total. The number of hydrogen-bond acceptors (Lipinski definition) is 4. The monoisotopic (exact) mass is 290 g/mol. The van der Waals surface area contributed by atoms with E-state index >= 15 is 0 Å². The number of rotatable bonds is 3. The van der Waals surface area contributed by atoms with Gasteiger partial charge in [0.25, 0.3) is 0 Å². The second kappa shape index (κ2) is 4.67. The van der Waals surface area contributed by atoms with E-state index in [0.29, 0.717) is 6.42 Å². The second-order valence-corrected chi connectivity index (χ2v) is 7.00. The van der Waals surface area contributed by atoms with Crippen molar-refractivity contribution in [1.29, 1.82) is 0 Å². The SMILES string of the molecule is O=C1CC(NC2CCCc3sccc32)C(=O)N1C1CC1. The highest BCUT2D eigenvalue weighted by Gasteiger charge is 2.46. The summed E-state index contributed by atoms with van der Waals surface area (Å²) in [5.74, 6) is 0.0104. The van der Waals surface area contributed by atoms with Crippen LogP contribution in [0.15, 0.2) is 11.4 Å². The summed E-state index contributed by atoms with van der Waals surface area (Å²) >= 11 is 1.80. The lowest BCUT2D eigenvalue weighted by Crippen LogP contribution is -2.41. The van der Waals surface area contributed by atoms with Gasteiger partial charge in [-0.1, -0.05) is 0 Å². The smallest absolute Gasteiger partial charge is 0.247 e. The van der Waals surface area contributed by atoms with Crippen molar-refractivity contribution in [3.63, 3.8) is 0 Å². The van der Waals surface area contributed by atoms with Crippen LogP contribution in [0.4, 0.5) is 0 Å². The summed E-state index contributed by atoms with van der Waals surface area (Å²) in [6, 6.07) is 2.30. The molecule has 3 aliphatic rings. The largest absolute Gasteiger partial charge is 0.298 e. The molecule has 1 aliphatic heterocycles. The van der Waals surface area contributed by atoms with E-state index in [-0.39, 0.29) is 29.9 Å². The molecule has 2 aliphatic carbocycles. The fourth-order valence-corrected chi connectivity index (χ4v) is 4.39. The molecule has 0 spiro atoms. The Morgan fingerprint density at radius 1 is 1.20 bits per heavy atom. The van der Waals surface area contributed by atoms with Gasteiger partial charge in [0.15, 0.2) is 0 Å². The van der Waals surface area contributed by atoms with Crippen LogP contribution < -0.4 is 5.32 Å². The Morgan fingerprint density at radius 3 is 2.85 bits per heavy atom. The van der Waals surface area contributed by atoms with Gasteiger partial charge >= 0.3 is 0 Å². The molecule has 2 fully saturated rings. The predicted molar refractivity (Wildman–Crippen MR) is 76.4 cm³/mol. The van der Waals surface area contributed by atoms with E-state index in [2.05, 4.69) is 16.8 Å². The summed E-state index contributed by atoms with van der Waals surface area (Å²) in [6.07, 6.45) is 5.68. The number of hydrogen-bond donors (Lipinski definition) is 1. The number of fused-ring (bicyclic) bond motifs is 1. The highest BCUT2D eigenvalue weighted by Crippen LogP contribution is 2.36. The number of nitrogens with zero attached hydrogens (tertiary/aromatic N) is 1. The number of carbonyl (C=O) groups is 2. The van der Waals surface area contributed by atoms with Crippen LogP contribution in [-0.4, -0.2) is 28.8 Å². The van der Waals surface area contributed by atoms with Gasteiger partial charge in [0.05, 0.1) is 12.5 Å². The summed E-state index contributed by atoms with van der Waals surface area (Å²) < 4.78 is 0. The van der Waals surface area contributed by atoms with Crippen LogP contribution in [0.1, 0.15) is 48.6 Å². The van der Waals surface area contributed by atoms with Crippen molar-refractivity contribution in [2.45, 2.75) is 56.7 Å². The van der Waals surface area contributed by atoms with Crippen LogP contribution in [-0.2, 0) is 16.0 Å². The molecular weight excluding hydrogens is 272 g/mol. The number of aryl methyl sites for hydroxylation is 1. The van der Waals surface area contributed by atoms with E-state index in [1.165, 1.54) is 15.3 Å². The van der Waals surface area contributed by atoms with E-state index in [0.717, 1.165) is 32.1 Å². The zero-order valence-corrected chi connectivity index (χ0v) is 12.1. The van der Waals surface area contributed by atoms with Gasteiger partial charge in [0.2, 0.25) is 11.8 Å². The molecule has 2 amide bonds. The molecule has 0 bridgehead atoms. The summed E-state index contributed by atoms with van der Waals surface area (Å²) in [7, 11) is 0. The first-order valence-electron chi connectivity index (χ1n) is 7.42. The van der Waals surface area contributed by atoms with Crippen LogP contribution in [0.5, 0.6) is 0 Å². The second-order valence-electron chi connectivity index (χ2n) is 6.00. The molecule has 1 saturated heterocycles. The Balaban J connectivity index is 1.50. The van der Waals surface area contributed by atoms with E-state index in [9.17, 15) is 9.59 Å². The van der Waals surface area contributed by atoms with E-state index in [4.69, 9.17) is 0 Å². The highest BCUT2D eigenvalue weighted by molar-refractivity contribution is 7.10. The van der Waals surface area contributed by atoms with E-state index < -0.39 is 0 Å². The van der Waals surface area contributed by atoms with Crippen molar-refractivity contribution in [3.8, 4) is 0 Å². The first-order valence-corrected chi connectivity index (χ1v) is 8.30. The molecule has 20 heavy (non-hydrogen) atoms. The number of thiophene rings is 1. The Hall–Kier alpha value is -1.20. The number of likely N-dealkylation sites (tertiary alicyclic amines) is 1. The van der Waals surface area contributed by atoms with Crippen LogP contribution in [0.25, 0.3) is 0 Å². The van der Waals surface area contributed by atoms with Crippen LogP contribution >= 0.6 is 11.3 Å². The van der Waals surface area contributed by atoms with Gasteiger partial charge in [-0.3, -0.25) is 19.8 Å². The molecule has 1 aromatic rings. The topological polar surface area (TPSA) is 49.4 Å². The van der Waals surface area contributed by atoms with Gasteiger partial charge in [-0.15, -0.1) is 11.3 Å². The Morgan fingerprint density at radius 2 is 2.05 bits per heavy atom. The average Bonchev–Trinajstić information content (AvgIpc) is 3.06. The maximum atomic E-state index is 12.4. The number of carbonyl (C=O) groups excluding carboxylic acids is 2. The van der Waals surface area contributed by atoms with Crippen molar-refractivity contribution < 1.29 is 9.59 Å². The fourth-order valence-electron chi connectivity index (χ4n) is 3.40. The lowest BCUT2D eigenvalue weighted by atomic mass is 9.93. The number of nitrogens with one attached hydrogen (secondary N) is 1. The maximum Gasteiger partial charge on any atom is 0.247 e. The summed E-state index contributed by atoms with van der Waals surface area (Å²) in [4.78, 5) is 27.3. The molecule has 106 valence electrons. The van der Waals surface area contributed by atoms with Crippen molar-refractivity contribution in [2.75, 3.05) is 0 Å². The van der Waals surface area contributed by atoms with Gasteiger partial charge in [-0.2, -0.15) is 0 Å². The molecule has 4 nitrogen and oxygen atoms in total. The van der Waals surface area contributed by atoms with Gasteiger partial charge < -0.3 is 0 Å². The molecule has 2 heterocycles. The third kappa shape index (κ3) is 2.00. The third-order valence-corrected chi connectivity index (χ3v) is 5.55. The van der Waals surface area contributed by atoms with Crippen LogP contribution in [0.3, 0.4) is 0 Å². The first kappa shape index (κ1) is 12.5. The highest BCUT2D eigenvalue weighted by atomic mass is 32.1. The van der Waals surface area contributed by atoms with Gasteiger partial charge in [-0.25, -0.2) is 0 Å². The minimum atomic E-state index is -0.307. The lowest BCUT2D eigenvalue weighted by molar-refractivity contribution is -0.139. The summed E-state index contributed by atoms with van der Waals surface area (Å²) in [5.41, 5.74) is 1.34. The zero-order valence-electron chi connectivity index (χ0n) is 11.3. The van der Waals surface area contributed by atoms with Crippen molar-refractivity contribution in [2.24, 2.45) is 0 Å². The number of imide groups is 1. The standard InChI is InChI=1S/C15H18N2O2S/c18-14-8-12(15(19)17(14)9-4-5-9)16-11-2-1-3-13-10(11)6-7-20-13/h6-7,9,11-12,16H,1-5,8H2. The molecule has 2 atom stereocenters. The lowest BCUT2D eigenvalue weighted by Gasteiger charge is -2.26. The molecular formula is C15H18N2O2S. The molecule has 0 radical (unpaired) electrons. The van der Waals surface area contributed by atoms with Gasteiger partial charge in [-0.05, 0) is 49.1 Å². The minimum Gasteiger partial charge on any atom is -0.298 e. The zero-order chi connectivity index (χ0) is 13.7. The molecule has 1 aromatic heterocycles. The Bertz CT molecular complexity index is 564. The predicted octanol–water partition coefficient (Wildman–Crippen LogP) is 2.00. The van der Waals surface area contributed by atoms with Gasteiger partial charge in [0.1, 0.15) is 0 Å². The van der Waals surface area contributed by atoms with Crippen molar-refractivity contribution in [1.82, 2.24) is 10.2 Å². The third-order valence-electron chi connectivity index (χ3n) is 4.55. The van der Waals surface area contributed by atoms with Crippen LogP contribution in [0.2, 0.25) is 0 Å². The molecule has 5 heteroatoms. The molecule has 1 saturated carbocycles. The Labute approximate surface area is 122 Å². The Kier molecular flexibility index (Phi) is 2.93. The summed E-state index contributed by atoms with van der Waals surface area (Å²) in [5, 5.41) is 5.58. The first-order chi connectivity index (χ1) is 9.74. The van der Waals surface area contributed by atoms with E-state index in [1.807, 2.05) is 0 Å². The van der Waals surface area contributed by atoms with Crippen LogP contribution in [0, 0.1) is 0 Å². The normalized spacial score (nSPS) is 29.9. The van der Waals surface area contributed by atoms with E-state index in [1.54, 1.807) is 11.3 Å². The van der Waals surface area contributed by atoms with Crippen molar-refractivity contribution in [3.05, 3.63) is 21.9 Å². The maximum absolute atomic E-state index is 12.4. The number of amides is 2. The minimum absolute atomic E-state index is 0.000136. The molecule has 0 aromatic carbocycles. The van der Waals surface area contributed by atoms with Gasteiger partial charge in [0, 0.05) is 17.0 Å². The molecule has 2 unspecified atom stereocenters. The fraction of sp³-hybridized carbons (Fsp3) is 0.600. The molecule has 4 rings (SSSR count). The van der Waals surface area contributed by atoms with Crippen molar-refractivity contribution >= 4 is 23.2 Å². The quantitative estimate of drug-likeness (QED) is 0.866. The summed E-state index contributed by atoms with van der Waals surface area (Å²) in [6.45, 7) is 0. The average molecular weight is 290 g/mol.